The average Bonchev–Trinajstić information content (AvgIpc) is 3.11. The van der Waals surface area contributed by atoms with E-state index in [0.29, 0.717) is 31.1 Å². The molecule has 2 N–H and O–H groups in total. The summed E-state index contributed by atoms with van der Waals surface area (Å²) in [7, 11) is 1.63. The normalized spacial score (nSPS) is 14.2. The Morgan fingerprint density at radius 2 is 2.03 bits per heavy atom. The van der Waals surface area contributed by atoms with Crippen molar-refractivity contribution in [3.63, 3.8) is 0 Å². The fourth-order valence-corrected chi connectivity index (χ4v) is 3.56. The van der Waals surface area contributed by atoms with Crippen molar-refractivity contribution in [2.24, 2.45) is 4.99 Å². The lowest BCUT2D eigenvalue weighted by Crippen LogP contribution is -2.39. The summed E-state index contributed by atoms with van der Waals surface area (Å²) in [6.45, 7) is 7.36. The van der Waals surface area contributed by atoms with Crippen LogP contribution in [0, 0.1) is 0 Å². The second kappa shape index (κ2) is 13.3. The molecule has 0 saturated carbocycles. The molecular weight excluding hydrogens is 523 g/mol. The minimum Gasteiger partial charge on any atom is -0.493 e. The van der Waals surface area contributed by atoms with Crippen LogP contribution in [0.1, 0.15) is 38.9 Å². The molecule has 32 heavy (non-hydrogen) atoms. The molecule has 1 atom stereocenters. The Kier molecular flexibility index (Phi) is 10.8. The molecule has 1 aromatic carbocycles. The minimum atomic E-state index is -0.109. The van der Waals surface area contributed by atoms with E-state index >= 15 is 0 Å². The van der Waals surface area contributed by atoms with Crippen LogP contribution < -0.4 is 25.8 Å². The third-order valence-corrected chi connectivity index (χ3v) is 5.12. The summed E-state index contributed by atoms with van der Waals surface area (Å²) in [6.07, 6.45) is 3.74. The van der Waals surface area contributed by atoms with E-state index < -0.39 is 0 Å². The summed E-state index contributed by atoms with van der Waals surface area (Å²) < 4.78 is 14.7. The van der Waals surface area contributed by atoms with Gasteiger partial charge >= 0.3 is 5.69 Å². The lowest BCUT2D eigenvalue weighted by Gasteiger charge is -2.16. The largest absolute Gasteiger partial charge is 0.493 e. The van der Waals surface area contributed by atoms with Gasteiger partial charge in [0.1, 0.15) is 11.9 Å². The number of guanidine groups is 1. The minimum absolute atomic E-state index is 0. The highest BCUT2D eigenvalue weighted by atomic mass is 127. The number of para-hydroxylation sites is 2. The average molecular weight is 558 g/mol. The van der Waals surface area contributed by atoms with Gasteiger partial charge in [-0.1, -0.05) is 12.1 Å². The number of benzene rings is 1. The molecule has 0 aliphatic carbocycles. The van der Waals surface area contributed by atoms with Gasteiger partial charge in [-0.25, -0.2) is 14.5 Å². The Balaban J connectivity index is 0.00000363. The van der Waals surface area contributed by atoms with Gasteiger partial charge in [-0.15, -0.1) is 24.0 Å². The summed E-state index contributed by atoms with van der Waals surface area (Å²) in [5.41, 5.74) is 0.0117. The third kappa shape index (κ3) is 7.14. The summed E-state index contributed by atoms with van der Waals surface area (Å²) >= 11 is 0. The summed E-state index contributed by atoms with van der Waals surface area (Å²) in [6, 6.07) is 7.59. The molecule has 1 aliphatic rings. The Bertz CT molecular complexity index is 927. The van der Waals surface area contributed by atoms with Gasteiger partial charge in [0.2, 0.25) is 0 Å². The maximum Gasteiger partial charge on any atom is 0.345 e. The van der Waals surface area contributed by atoms with E-state index in [1.165, 1.54) is 0 Å². The number of nitrogens with zero attached hydrogens (tertiary/aromatic N) is 4. The van der Waals surface area contributed by atoms with Crippen molar-refractivity contribution in [3.8, 4) is 11.5 Å². The van der Waals surface area contributed by atoms with Crippen LogP contribution >= 0.6 is 24.0 Å². The molecule has 1 aliphatic heterocycles. The lowest BCUT2D eigenvalue weighted by molar-refractivity contribution is 0.219. The molecule has 0 saturated heterocycles. The van der Waals surface area contributed by atoms with E-state index in [-0.39, 0.29) is 35.8 Å². The van der Waals surface area contributed by atoms with Gasteiger partial charge in [0, 0.05) is 32.6 Å². The van der Waals surface area contributed by atoms with Gasteiger partial charge in [0.05, 0.1) is 13.7 Å². The second-order valence-electron chi connectivity index (χ2n) is 7.61. The topological polar surface area (TPSA) is 94.7 Å². The zero-order chi connectivity index (χ0) is 22.1. The summed E-state index contributed by atoms with van der Waals surface area (Å²) in [5, 5.41) is 11.1. The van der Waals surface area contributed by atoms with Crippen molar-refractivity contribution in [1.29, 1.82) is 0 Å². The third-order valence-electron chi connectivity index (χ3n) is 5.12. The maximum atomic E-state index is 12.4. The molecule has 3 rings (SSSR count). The van der Waals surface area contributed by atoms with Crippen molar-refractivity contribution < 1.29 is 9.47 Å². The summed E-state index contributed by atoms with van der Waals surface area (Å²) in [5.74, 6) is 3.07. The second-order valence-corrected chi connectivity index (χ2v) is 7.61. The molecule has 2 heterocycles. The molecule has 0 radical (unpaired) electrons. The Morgan fingerprint density at radius 1 is 1.25 bits per heavy atom. The number of rotatable bonds is 10. The quantitative estimate of drug-likeness (QED) is 0.202. The van der Waals surface area contributed by atoms with Crippen LogP contribution in [0.25, 0.3) is 0 Å². The first-order chi connectivity index (χ1) is 15.1. The fourth-order valence-electron chi connectivity index (χ4n) is 3.56. The monoisotopic (exact) mass is 558 g/mol. The van der Waals surface area contributed by atoms with E-state index in [9.17, 15) is 4.79 Å². The van der Waals surface area contributed by atoms with Crippen LogP contribution in [-0.2, 0) is 19.5 Å². The number of hydrogen-bond donors (Lipinski definition) is 2. The van der Waals surface area contributed by atoms with Crippen LogP contribution in [0.15, 0.2) is 34.1 Å². The zero-order valence-corrected chi connectivity index (χ0v) is 21.5. The molecule has 0 bridgehead atoms. The molecule has 2 aromatic rings. The molecule has 0 spiro atoms. The van der Waals surface area contributed by atoms with Gasteiger partial charge in [-0.2, -0.15) is 5.10 Å². The number of methoxy groups -OCH3 is 1. The van der Waals surface area contributed by atoms with E-state index in [1.54, 1.807) is 11.8 Å². The number of fused-ring (bicyclic) bond motifs is 1. The standard InChI is InChI=1S/C22H34N6O3.HI/c1-4-23-21(25-16-17(2)31-19-11-6-5-10-18(19)30-3)24-13-9-15-28-22(29)27-14-8-7-12-20(27)26-28;/h5-6,10-11,17H,4,7-9,12-16H2,1-3H3,(H2,23,24,25);1H. The predicted molar refractivity (Wildman–Crippen MR) is 137 cm³/mol. The number of nitrogens with one attached hydrogen (secondary N) is 2. The first-order valence-electron chi connectivity index (χ1n) is 11.1. The van der Waals surface area contributed by atoms with Crippen molar-refractivity contribution in [2.45, 2.75) is 58.7 Å². The smallest absolute Gasteiger partial charge is 0.345 e. The number of aryl methyl sites for hydroxylation is 2. The van der Waals surface area contributed by atoms with Gasteiger partial charge in [0.25, 0.3) is 0 Å². The molecule has 1 unspecified atom stereocenters. The van der Waals surface area contributed by atoms with Crippen LogP contribution in [-0.4, -0.2) is 53.2 Å². The van der Waals surface area contributed by atoms with E-state index in [1.807, 2.05) is 42.7 Å². The fraction of sp³-hybridized carbons (Fsp3) is 0.591. The van der Waals surface area contributed by atoms with Crippen LogP contribution in [0.3, 0.4) is 0 Å². The SMILES string of the molecule is CCNC(=NCC(C)Oc1ccccc1OC)NCCCn1nc2n(c1=O)CCCC2.I. The molecule has 0 fully saturated rings. The number of aliphatic imine (C=N–C) groups is 1. The number of halogens is 1. The number of aromatic nitrogens is 3. The first kappa shape index (κ1) is 26.0. The first-order valence-corrected chi connectivity index (χ1v) is 11.1. The van der Waals surface area contributed by atoms with E-state index in [2.05, 4.69) is 20.7 Å². The van der Waals surface area contributed by atoms with Crippen LogP contribution in [0.5, 0.6) is 11.5 Å². The molecule has 1 aromatic heterocycles. The van der Waals surface area contributed by atoms with Crippen LogP contribution in [0.2, 0.25) is 0 Å². The zero-order valence-electron chi connectivity index (χ0n) is 19.2. The number of ether oxygens (including phenoxy) is 2. The molecule has 10 heteroatoms. The van der Waals surface area contributed by atoms with Gasteiger partial charge in [0.15, 0.2) is 17.5 Å². The van der Waals surface area contributed by atoms with Crippen molar-refractivity contribution in [2.75, 3.05) is 26.7 Å². The highest BCUT2D eigenvalue weighted by Gasteiger charge is 2.16. The molecule has 0 amide bonds. The van der Waals surface area contributed by atoms with Crippen molar-refractivity contribution >= 4 is 29.9 Å². The Morgan fingerprint density at radius 3 is 2.75 bits per heavy atom. The summed E-state index contributed by atoms with van der Waals surface area (Å²) in [4.78, 5) is 17.0. The van der Waals surface area contributed by atoms with Crippen molar-refractivity contribution in [1.82, 2.24) is 25.0 Å². The van der Waals surface area contributed by atoms with E-state index in [4.69, 9.17) is 9.47 Å². The van der Waals surface area contributed by atoms with Crippen LogP contribution in [0.4, 0.5) is 0 Å². The van der Waals surface area contributed by atoms with E-state index in [0.717, 1.165) is 50.6 Å². The Labute approximate surface area is 206 Å². The van der Waals surface area contributed by atoms with Gasteiger partial charge in [-0.3, -0.25) is 4.57 Å². The van der Waals surface area contributed by atoms with Gasteiger partial charge < -0.3 is 20.1 Å². The highest BCUT2D eigenvalue weighted by molar-refractivity contribution is 14.0. The molecular formula is C22H35IN6O3. The molecule has 9 nitrogen and oxygen atoms in total. The van der Waals surface area contributed by atoms with Gasteiger partial charge in [-0.05, 0) is 45.2 Å². The van der Waals surface area contributed by atoms with Crippen molar-refractivity contribution in [3.05, 3.63) is 40.6 Å². The maximum absolute atomic E-state index is 12.4. The lowest BCUT2D eigenvalue weighted by atomic mass is 10.2. The Hall–Kier alpha value is -2.24. The highest BCUT2D eigenvalue weighted by Crippen LogP contribution is 2.26. The predicted octanol–water partition coefficient (Wildman–Crippen LogP) is 2.42. The molecule has 178 valence electrons. The number of hydrogen-bond acceptors (Lipinski definition) is 5.